The highest BCUT2D eigenvalue weighted by Crippen LogP contribution is 2.28. The number of carbonyl (C=O) groups excluding carboxylic acids is 1. The number of carbonyl (C=O) groups is 1. The summed E-state index contributed by atoms with van der Waals surface area (Å²) in [5.41, 5.74) is 2.84. The second kappa shape index (κ2) is 9.41. The van der Waals surface area contributed by atoms with Gasteiger partial charge in [-0.25, -0.2) is 4.39 Å². The summed E-state index contributed by atoms with van der Waals surface area (Å²) in [6.07, 6.45) is 0. The fraction of sp³-hybridized carbons (Fsp3) is 0.286. The van der Waals surface area contributed by atoms with Crippen LogP contribution in [0.5, 0.6) is 0 Å². The summed E-state index contributed by atoms with van der Waals surface area (Å²) in [7, 11) is 0. The maximum Gasteiger partial charge on any atom is 0.222 e. The second-order valence-electron chi connectivity index (χ2n) is 6.95. The van der Waals surface area contributed by atoms with Gasteiger partial charge in [-0.3, -0.25) is 9.36 Å². The smallest absolute Gasteiger partial charge is 0.222 e. The molecule has 3 rings (SSSR count). The van der Waals surface area contributed by atoms with E-state index in [1.165, 1.54) is 23.9 Å². The first-order chi connectivity index (χ1) is 13.8. The van der Waals surface area contributed by atoms with Gasteiger partial charge in [-0.05, 0) is 42.3 Å². The lowest BCUT2D eigenvalue weighted by molar-refractivity contribution is -0.124. The van der Waals surface area contributed by atoms with E-state index in [4.69, 9.17) is 11.6 Å². The standard InChI is InChI=1S/C21H22ClFN4OS/c1-13(2)20(28)24-11-19-25-26-21(29-12-15-5-8-17(23)9-6-15)27(19)18-10-16(22)7-4-14(18)3/h4-10,13H,11-12H2,1-3H3,(H,24,28). The SMILES string of the molecule is Cc1ccc(Cl)cc1-n1c(CNC(=O)C(C)C)nnc1SCc1ccc(F)cc1. The first kappa shape index (κ1) is 21.3. The van der Waals surface area contributed by atoms with E-state index in [0.29, 0.717) is 21.8 Å². The number of aryl methyl sites for hydroxylation is 1. The molecule has 0 bridgehead atoms. The van der Waals surface area contributed by atoms with Crippen molar-refractivity contribution in [2.75, 3.05) is 0 Å². The topological polar surface area (TPSA) is 59.8 Å². The van der Waals surface area contributed by atoms with E-state index in [2.05, 4.69) is 15.5 Å². The number of aromatic nitrogens is 3. The lowest BCUT2D eigenvalue weighted by atomic mass is 10.2. The molecule has 0 fully saturated rings. The summed E-state index contributed by atoms with van der Waals surface area (Å²) in [6, 6.07) is 12.0. The number of hydrogen-bond donors (Lipinski definition) is 1. The molecule has 29 heavy (non-hydrogen) atoms. The van der Waals surface area contributed by atoms with Crippen molar-refractivity contribution < 1.29 is 9.18 Å². The molecule has 2 aromatic carbocycles. The Balaban J connectivity index is 1.91. The van der Waals surface area contributed by atoms with Crippen LogP contribution in [-0.2, 0) is 17.1 Å². The zero-order valence-corrected chi connectivity index (χ0v) is 18.0. The van der Waals surface area contributed by atoms with E-state index in [9.17, 15) is 9.18 Å². The van der Waals surface area contributed by atoms with Gasteiger partial charge in [0.15, 0.2) is 11.0 Å². The average Bonchev–Trinajstić information content (AvgIpc) is 3.10. The Kier molecular flexibility index (Phi) is 6.92. The van der Waals surface area contributed by atoms with Gasteiger partial charge in [0.25, 0.3) is 0 Å². The van der Waals surface area contributed by atoms with Crippen LogP contribution in [0.2, 0.25) is 5.02 Å². The average molecular weight is 433 g/mol. The fourth-order valence-corrected chi connectivity index (χ4v) is 3.76. The van der Waals surface area contributed by atoms with E-state index in [0.717, 1.165) is 16.8 Å². The van der Waals surface area contributed by atoms with Gasteiger partial charge in [-0.1, -0.05) is 55.4 Å². The van der Waals surface area contributed by atoms with Crippen LogP contribution in [0.3, 0.4) is 0 Å². The van der Waals surface area contributed by atoms with Gasteiger partial charge in [-0.15, -0.1) is 10.2 Å². The van der Waals surface area contributed by atoms with Crippen LogP contribution in [0.4, 0.5) is 4.39 Å². The predicted octanol–water partition coefficient (Wildman–Crippen LogP) is 4.93. The summed E-state index contributed by atoms with van der Waals surface area (Å²) in [5, 5.41) is 12.8. The van der Waals surface area contributed by atoms with Gasteiger partial charge in [0, 0.05) is 16.7 Å². The number of nitrogens with zero attached hydrogens (tertiary/aromatic N) is 3. The van der Waals surface area contributed by atoms with E-state index in [-0.39, 0.29) is 24.2 Å². The van der Waals surface area contributed by atoms with Gasteiger partial charge < -0.3 is 5.32 Å². The van der Waals surface area contributed by atoms with Gasteiger partial charge in [0.1, 0.15) is 5.82 Å². The highest BCUT2D eigenvalue weighted by Gasteiger charge is 2.18. The summed E-state index contributed by atoms with van der Waals surface area (Å²) < 4.78 is 15.1. The Morgan fingerprint density at radius 3 is 2.62 bits per heavy atom. The first-order valence-electron chi connectivity index (χ1n) is 9.21. The van der Waals surface area contributed by atoms with Crippen molar-refractivity contribution in [2.45, 2.75) is 38.2 Å². The molecule has 0 aliphatic carbocycles. The molecular formula is C21H22ClFN4OS. The van der Waals surface area contributed by atoms with Crippen molar-refractivity contribution >= 4 is 29.3 Å². The number of hydrogen-bond acceptors (Lipinski definition) is 4. The molecule has 1 N–H and O–H groups in total. The first-order valence-corrected chi connectivity index (χ1v) is 10.6. The van der Waals surface area contributed by atoms with Gasteiger partial charge >= 0.3 is 0 Å². The number of nitrogens with one attached hydrogen (secondary N) is 1. The van der Waals surface area contributed by atoms with Crippen molar-refractivity contribution in [3.8, 4) is 5.69 Å². The highest BCUT2D eigenvalue weighted by molar-refractivity contribution is 7.98. The quantitative estimate of drug-likeness (QED) is 0.537. The van der Waals surface area contributed by atoms with Crippen molar-refractivity contribution in [3.63, 3.8) is 0 Å². The molecule has 5 nitrogen and oxygen atoms in total. The highest BCUT2D eigenvalue weighted by atomic mass is 35.5. The third-order valence-electron chi connectivity index (χ3n) is 4.34. The van der Waals surface area contributed by atoms with Crippen molar-refractivity contribution in [1.29, 1.82) is 0 Å². The lowest BCUT2D eigenvalue weighted by Crippen LogP contribution is -2.28. The third-order valence-corrected chi connectivity index (χ3v) is 5.57. The number of halogens is 2. The molecule has 0 aliphatic heterocycles. The number of benzene rings is 2. The Morgan fingerprint density at radius 1 is 1.21 bits per heavy atom. The predicted molar refractivity (Wildman–Crippen MR) is 114 cm³/mol. The minimum absolute atomic E-state index is 0.0529. The Labute approximate surface area is 178 Å². The third kappa shape index (κ3) is 5.36. The molecule has 0 atom stereocenters. The minimum Gasteiger partial charge on any atom is -0.349 e. The molecule has 3 aromatic rings. The molecule has 0 spiro atoms. The van der Waals surface area contributed by atoms with Crippen LogP contribution in [-0.4, -0.2) is 20.7 Å². The van der Waals surface area contributed by atoms with Gasteiger partial charge in [0.05, 0.1) is 12.2 Å². The van der Waals surface area contributed by atoms with Crippen LogP contribution < -0.4 is 5.32 Å². The molecule has 1 heterocycles. The van der Waals surface area contributed by atoms with Crippen LogP contribution in [0.1, 0.15) is 30.8 Å². The zero-order valence-electron chi connectivity index (χ0n) is 16.4. The maximum absolute atomic E-state index is 13.1. The van der Waals surface area contributed by atoms with E-state index < -0.39 is 0 Å². The molecule has 0 saturated carbocycles. The van der Waals surface area contributed by atoms with Crippen LogP contribution in [0.15, 0.2) is 47.6 Å². The lowest BCUT2D eigenvalue weighted by Gasteiger charge is -2.14. The van der Waals surface area contributed by atoms with Crippen molar-refractivity contribution in [1.82, 2.24) is 20.1 Å². The second-order valence-corrected chi connectivity index (χ2v) is 8.33. The van der Waals surface area contributed by atoms with Crippen molar-refractivity contribution in [3.05, 3.63) is 70.3 Å². The van der Waals surface area contributed by atoms with Crippen molar-refractivity contribution in [2.24, 2.45) is 5.92 Å². The summed E-state index contributed by atoms with van der Waals surface area (Å²) in [4.78, 5) is 12.0. The largest absolute Gasteiger partial charge is 0.349 e. The molecule has 152 valence electrons. The molecule has 1 aromatic heterocycles. The van der Waals surface area contributed by atoms with Crippen LogP contribution in [0, 0.1) is 18.7 Å². The summed E-state index contributed by atoms with van der Waals surface area (Å²) in [6.45, 7) is 5.92. The van der Waals surface area contributed by atoms with Crippen LogP contribution in [0.25, 0.3) is 5.69 Å². The molecule has 0 aliphatic rings. The minimum atomic E-state index is -0.264. The maximum atomic E-state index is 13.1. The molecule has 1 amide bonds. The molecule has 0 saturated heterocycles. The summed E-state index contributed by atoms with van der Waals surface area (Å²) in [5.74, 6) is 0.788. The van der Waals surface area contributed by atoms with Gasteiger partial charge in [0.2, 0.25) is 5.91 Å². The number of thioether (sulfide) groups is 1. The monoisotopic (exact) mass is 432 g/mol. The molecule has 0 radical (unpaired) electrons. The van der Waals surface area contributed by atoms with E-state index >= 15 is 0 Å². The zero-order chi connectivity index (χ0) is 21.0. The summed E-state index contributed by atoms with van der Waals surface area (Å²) >= 11 is 7.72. The Morgan fingerprint density at radius 2 is 1.93 bits per heavy atom. The number of rotatable bonds is 7. The Bertz CT molecular complexity index is 1000. The molecule has 0 unspecified atom stereocenters. The van der Waals surface area contributed by atoms with E-state index in [1.807, 2.05) is 43.5 Å². The van der Waals surface area contributed by atoms with Gasteiger partial charge in [-0.2, -0.15) is 0 Å². The van der Waals surface area contributed by atoms with E-state index in [1.54, 1.807) is 12.1 Å². The molecular weight excluding hydrogens is 411 g/mol. The Hall–Kier alpha value is -2.38. The molecule has 8 heteroatoms. The normalized spacial score (nSPS) is 11.1. The fourth-order valence-electron chi connectivity index (χ4n) is 2.67. The number of amides is 1. The van der Waals surface area contributed by atoms with Crippen LogP contribution >= 0.6 is 23.4 Å².